The first-order chi connectivity index (χ1) is 11.7. The Bertz CT molecular complexity index is 887. The van der Waals surface area contributed by atoms with E-state index in [9.17, 15) is 9.59 Å². The van der Waals surface area contributed by atoms with Crippen LogP contribution < -0.4 is 10.9 Å². The lowest BCUT2D eigenvalue weighted by Crippen LogP contribution is -2.30. The summed E-state index contributed by atoms with van der Waals surface area (Å²) in [7, 11) is 0. The number of aryl methyl sites for hydroxylation is 1. The number of fused-ring (bicyclic) bond motifs is 1. The van der Waals surface area contributed by atoms with Gasteiger partial charge in [-0.25, -0.2) is 5.10 Å². The summed E-state index contributed by atoms with van der Waals surface area (Å²) in [6.45, 7) is 3.00. The largest absolute Gasteiger partial charge is 0.355 e. The van der Waals surface area contributed by atoms with Gasteiger partial charge in [0.2, 0.25) is 5.91 Å². The van der Waals surface area contributed by atoms with E-state index in [1.807, 2.05) is 6.07 Å². The lowest BCUT2D eigenvalue weighted by atomic mass is 10.0. The van der Waals surface area contributed by atoms with Crippen molar-refractivity contribution in [2.24, 2.45) is 0 Å². The molecule has 2 heterocycles. The first kappa shape index (κ1) is 15.9. The Balaban J connectivity index is 1.65. The minimum atomic E-state index is -0.460. The van der Waals surface area contributed by atoms with Crippen molar-refractivity contribution in [3.8, 4) is 0 Å². The Kier molecular flexibility index (Phi) is 4.64. The van der Waals surface area contributed by atoms with Gasteiger partial charge in [-0.2, -0.15) is 5.10 Å². The van der Waals surface area contributed by atoms with Crippen LogP contribution in [0, 0.1) is 0 Å². The molecular formula is C16H18N6O2. The highest BCUT2D eigenvalue weighted by Crippen LogP contribution is 2.20. The predicted molar refractivity (Wildman–Crippen MR) is 88.4 cm³/mol. The maximum absolute atomic E-state index is 12.4. The van der Waals surface area contributed by atoms with E-state index in [0.717, 1.165) is 6.42 Å². The molecule has 0 aliphatic carbocycles. The Labute approximate surface area is 137 Å². The van der Waals surface area contributed by atoms with Crippen LogP contribution in [-0.2, 0) is 11.3 Å². The number of rotatable bonds is 6. The molecule has 1 aromatic carbocycles. The van der Waals surface area contributed by atoms with E-state index in [1.54, 1.807) is 42.2 Å². The zero-order valence-corrected chi connectivity index (χ0v) is 13.3. The molecule has 8 heteroatoms. The summed E-state index contributed by atoms with van der Waals surface area (Å²) in [6, 6.07) is 7.15. The van der Waals surface area contributed by atoms with Crippen molar-refractivity contribution in [3.63, 3.8) is 0 Å². The molecule has 8 nitrogen and oxygen atoms in total. The Morgan fingerprint density at radius 3 is 2.88 bits per heavy atom. The Hall–Kier alpha value is -3.03. The van der Waals surface area contributed by atoms with E-state index in [1.165, 1.54) is 0 Å². The van der Waals surface area contributed by atoms with Gasteiger partial charge in [-0.3, -0.25) is 14.3 Å². The smallest absolute Gasteiger partial charge is 0.272 e. The van der Waals surface area contributed by atoms with Gasteiger partial charge >= 0.3 is 0 Å². The zero-order chi connectivity index (χ0) is 16.9. The van der Waals surface area contributed by atoms with Crippen LogP contribution in [0.3, 0.4) is 0 Å². The molecule has 24 heavy (non-hydrogen) atoms. The summed E-state index contributed by atoms with van der Waals surface area (Å²) >= 11 is 0. The number of carbonyl (C=O) groups excluding carboxylic acids is 1. The van der Waals surface area contributed by atoms with E-state index >= 15 is 0 Å². The molecule has 0 fully saturated rings. The molecule has 0 radical (unpaired) electrons. The van der Waals surface area contributed by atoms with E-state index in [4.69, 9.17) is 0 Å². The molecule has 1 amide bonds. The van der Waals surface area contributed by atoms with Crippen molar-refractivity contribution in [2.45, 2.75) is 25.8 Å². The van der Waals surface area contributed by atoms with Gasteiger partial charge in [-0.15, -0.1) is 5.10 Å². The number of aromatic nitrogens is 5. The lowest BCUT2D eigenvalue weighted by molar-refractivity contribution is -0.122. The van der Waals surface area contributed by atoms with Crippen LogP contribution in [0.25, 0.3) is 10.8 Å². The summed E-state index contributed by atoms with van der Waals surface area (Å²) in [4.78, 5) is 24.2. The first-order valence-corrected chi connectivity index (χ1v) is 7.76. The standard InChI is InChI=1S/C16H18N6O2/c1-11(15(23)17-7-4-9-22-10-8-18-21-22)14-12-5-2-3-6-13(12)16(24)20-19-14/h2-3,5-6,8,10-11H,4,7,9H2,1H3,(H,17,23)(H,20,24)/t11-/m1/s1. The van der Waals surface area contributed by atoms with E-state index in [-0.39, 0.29) is 11.5 Å². The van der Waals surface area contributed by atoms with Gasteiger partial charge in [0.1, 0.15) is 0 Å². The number of hydrogen-bond acceptors (Lipinski definition) is 5. The fourth-order valence-corrected chi connectivity index (χ4v) is 2.55. The number of H-pyrrole nitrogens is 1. The molecule has 0 aliphatic rings. The molecule has 0 saturated carbocycles. The average molecular weight is 326 g/mol. The van der Waals surface area contributed by atoms with Gasteiger partial charge in [0.05, 0.1) is 23.2 Å². The quantitative estimate of drug-likeness (QED) is 0.653. The molecule has 3 rings (SSSR count). The van der Waals surface area contributed by atoms with E-state index in [0.29, 0.717) is 29.6 Å². The normalized spacial score (nSPS) is 12.2. The van der Waals surface area contributed by atoms with Crippen molar-refractivity contribution in [1.29, 1.82) is 0 Å². The average Bonchev–Trinajstić information content (AvgIpc) is 3.12. The number of hydrogen-bond donors (Lipinski definition) is 2. The molecule has 2 N–H and O–H groups in total. The minimum Gasteiger partial charge on any atom is -0.355 e. The molecule has 0 bridgehead atoms. The molecule has 0 spiro atoms. The van der Waals surface area contributed by atoms with Crippen molar-refractivity contribution in [1.82, 2.24) is 30.5 Å². The maximum Gasteiger partial charge on any atom is 0.272 e. The molecule has 0 unspecified atom stereocenters. The molecule has 124 valence electrons. The monoisotopic (exact) mass is 326 g/mol. The molecule has 0 saturated heterocycles. The number of aromatic amines is 1. The highest BCUT2D eigenvalue weighted by atomic mass is 16.2. The molecule has 1 atom stereocenters. The zero-order valence-electron chi connectivity index (χ0n) is 13.3. The van der Waals surface area contributed by atoms with Gasteiger partial charge in [-0.1, -0.05) is 23.4 Å². The fraction of sp³-hybridized carbons (Fsp3) is 0.312. The first-order valence-electron chi connectivity index (χ1n) is 7.76. The van der Waals surface area contributed by atoms with E-state index in [2.05, 4.69) is 25.8 Å². The summed E-state index contributed by atoms with van der Waals surface area (Å²) in [5.41, 5.74) is 0.314. The highest BCUT2D eigenvalue weighted by molar-refractivity contribution is 5.90. The number of carbonyl (C=O) groups is 1. The summed E-state index contributed by atoms with van der Waals surface area (Å²) in [6.07, 6.45) is 4.15. The van der Waals surface area contributed by atoms with E-state index < -0.39 is 5.92 Å². The van der Waals surface area contributed by atoms with Crippen LogP contribution in [0.4, 0.5) is 0 Å². The second-order valence-electron chi connectivity index (χ2n) is 5.52. The van der Waals surface area contributed by atoms with Crippen LogP contribution in [0.5, 0.6) is 0 Å². The third kappa shape index (κ3) is 3.32. The molecule has 0 aliphatic heterocycles. The van der Waals surface area contributed by atoms with Crippen LogP contribution in [-0.4, -0.2) is 37.6 Å². The third-order valence-electron chi connectivity index (χ3n) is 3.86. The third-order valence-corrected chi connectivity index (χ3v) is 3.86. The second-order valence-corrected chi connectivity index (χ2v) is 5.52. The Morgan fingerprint density at radius 2 is 2.12 bits per heavy atom. The van der Waals surface area contributed by atoms with Crippen LogP contribution >= 0.6 is 0 Å². The SMILES string of the molecule is C[C@@H](C(=O)NCCCn1ccnn1)c1n[nH]c(=O)c2ccccc12. The highest BCUT2D eigenvalue weighted by Gasteiger charge is 2.19. The van der Waals surface area contributed by atoms with Crippen LogP contribution in [0.2, 0.25) is 0 Å². The van der Waals surface area contributed by atoms with Crippen LogP contribution in [0.1, 0.15) is 25.0 Å². The second kappa shape index (κ2) is 7.03. The topological polar surface area (TPSA) is 106 Å². The summed E-state index contributed by atoms with van der Waals surface area (Å²) in [5, 5.41) is 18.3. The maximum atomic E-state index is 12.4. The van der Waals surface area contributed by atoms with Gasteiger partial charge in [0.15, 0.2) is 0 Å². The van der Waals surface area contributed by atoms with Crippen molar-refractivity contribution in [2.75, 3.05) is 6.54 Å². The summed E-state index contributed by atoms with van der Waals surface area (Å²) < 4.78 is 1.71. The Morgan fingerprint density at radius 1 is 1.33 bits per heavy atom. The van der Waals surface area contributed by atoms with Crippen molar-refractivity contribution in [3.05, 3.63) is 52.7 Å². The lowest BCUT2D eigenvalue weighted by Gasteiger charge is -2.13. The minimum absolute atomic E-state index is 0.127. The molecule has 3 aromatic rings. The molecular weight excluding hydrogens is 308 g/mol. The van der Waals surface area contributed by atoms with Crippen molar-refractivity contribution < 1.29 is 4.79 Å². The number of benzene rings is 1. The van der Waals surface area contributed by atoms with Gasteiger partial charge in [0.25, 0.3) is 5.56 Å². The number of nitrogens with zero attached hydrogens (tertiary/aromatic N) is 4. The van der Waals surface area contributed by atoms with Crippen LogP contribution in [0.15, 0.2) is 41.5 Å². The van der Waals surface area contributed by atoms with Gasteiger partial charge in [-0.05, 0) is 19.4 Å². The predicted octanol–water partition coefficient (Wildman–Crippen LogP) is 0.825. The number of nitrogens with one attached hydrogen (secondary N) is 2. The number of amides is 1. The fourth-order valence-electron chi connectivity index (χ4n) is 2.55. The van der Waals surface area contributed by atoms with Gasteiger partial charge in [0, 0.05) is 24.7 Å². The van der Waals surface area contributed by atoms with Crippen molar-refractivity contribution >= 4 is 16.7 Å². The molecule has 2 aromatic heterocycles. The van der Waals surface area contributed by atoms with Gasteiger partial charge < -0.3 is 5.32 Å². The summed E-state index contributed by atoms with van der Waals surface area (Å²) in [5.74, 6) is -0.587.